The fourth-order valence-electron chi connectivity index (χ4n) is 2.96. The summed E-state index contributed by atoms with van der Waals surface area (Å²) in [4.78, 5) is 42.2. The molecule has 11 nitrogen and oxygen atoms in total. The van der Waals surface area contributed by atoms with Crippen molar-refractivity contribution in [1.29, 1.82) is 0 Å². The normalized spacial score (nSPS) is 14.3. The molecule has 2 N–H and O–H groups in total. The summed E-state index contributed by atoms with van der Waals surface area (Å²) >= 11 is 0. The molecule has 0 aliphatic carbocycles. The molecule has 134 valence electrons. The molecule has 1 saturated heterocycles. The first-order chi connectivity index (χ1) is 13.3. The Bertz CT molecular complexity index is 1100. The summed E-state index contributed by atoms with van der Waals surface area (Å²) < 4.78 is 1.81. The third kappa shape index (κ3) is 2.74. The van der Waals surface area contributed by atoms with Gasteiger partial charge in [0.25, 0.3) is 0 Å². The van der Waals surface area contributed by atoms with Gasteiger partial charge in [-0.25, -0.2) is 29.9 Å². The lowest BCUT2D eigenvalue weighted by atomic mass is 9.99. The Kier molecular flexibility index (Phi) is 3.49. The van der Waals surface area contributed by atoms with E-state index in [1.807, 2.05) is 17.2 Å². The molecule has 4 aromatic heterocycles. The predicted molar refractivity (Wildman–Crippen MR) is 95.2 cm³/mol. The molecule has 27 heavy (non-hydrogen) atoms. The van der Waals surface area contributed by atoms with Gasteiger partial charge in [-0.1, -0.05) is 0 Å². The van der Waals surface area contributed by atoms with Crippen LogP contribution >= 0.6 is 0 Å². The molecule has 1 amide bonds. The molecule has 5 heterocycles. The number of carbonyl (C=O) groups excluding carboxylic acids is 1. The van der Waals surface area contributed by atoms with Crippen molar-refractivity contribution in [1.82, 2.24) is 39.5 Å². The Morgan fingerprint density at radius 1 is 1.11 bits per heavy atom. The predicted octanol–water partition coefficient (Wildman–Crippen LogP) is 0.403. The molecule has 1 fully saturated rings. The number of anilines is 2. The molecule has 0 saturated carbocycles. The van der Waals surface area contributed by atoms with Gasteiger partial charge in [-0.15, -0.1) is 0 Å². The average molecular weight is 362 g/mol. The van der Waals surface area contributed by atoms with Gasteiger partial charge in [0.05, 0.1) is 12.2 Å². The maximum atomic E-state index is 12.5. The third-order valence-corrected chi connectivity index (χ3v) is 4.45. The third-order valence-electron chi connectivity index (χ3n) is 4.45. The summed E-state index contributed by atoms with van der Waals surface area (Å²) in [5, 5.41) is 2.85. The highest BCUT2D eigenvalue weighted by Gasteiger charge is 2.34. The van der Waals surface area contributed by atoms with Crippen molar-refractivity contribution in [3.05, 3.63) is 43.8 Å². The second-order valence-corrected chi connectivity index (χ2v) is 6.12. The van der Waals surface area contributed by atoms with Crippen LogP contribution in [0.1, 0.15) is 0 Å². The molecule has 0 radical (unpaired) electrons. The number of hydrogen-bond donors (Lipinski definition) is 2. The van der Waals surface area contributed by atoms with Crippen LogP contribution in [0.5, 0.6) is 0 Å². The molecule has 0 atom stereocenters. The van der Waals surface area contributed by atoms with Crippen molar-refractivity contribution in [3.8, 4) is 5.82 Å². The van der Waals surface area contributed by atoms with Crippen molar-refractivity contribution < 1.29 is 4.79 Å². The highest BCUT2D eigenvalue weighted by atomic mass is 16.2. The van der Waals surface area contributed by atoms with E-state index in [2.05, 4.69) is 40.2 Å². The van der Waals surface area contributed by atoms with Gasteiger partial charge in [0, 0.05) is 31.5 Å². The lowest BCUT2D eigenvalue weighted by Gasteiger charge is -2.39. The number of amides is 1. The van der Waals surface area contributed by atoms with Crippen LogP contribution in [-0.2, 0) is 4.79 Å². The summed E-state index contributed by atoms with van der Waals surface area (Å²) in [5.74, 6) is 1.70. The van der Waals surface area contributed by atoms with Crippen molar-refractivity contribution >= 4 is 28.7 Å². The largest absolute Gasteiger partial charge is 0.355 e. The standard InChI is InChI=1S/C16H14N10O/c27-16(24-15-13-14(21-7-20-13)22-8-23-15)10-4-26(5-10)12-3-11(18-6-19-12)25-2-1-17-9-25/h1-3,6-10H,4-5H2,(H2,20,21,22,23,24,27). The first kappa shape index (κ1) is 15.4. The van der Waals surface area contributed by atoms with Crippen LogP contribution in [0.15, 0.2) is 43.8 Å². The van der Waals surface area contributed by atoms with E-state index in [-0.39, 0.29) is 11.8 Å². The van der Waals surface area contributed by atoms with E-state index in [0.717, 1.165) is 11.6 Å². The summed E-state index contributed by atoms with van der Waals surface area (Å²) in [6.07, 6.45) is 9.59. The van der Waals surface area contributed by atoms with E-state index >= 15 is 0 Å². The minimum Gasteiger partial charge on any atom is -0.355 e. The number of nitrogens with zero attached hydrogens (tertiary/aromatic N) is 8. The number of aromatic amines is 1. The molecule has 1 aliphatic heterocycles. The number of H-pyrrole nitrogens is 1. The zero-order valence-electron chi connectivity index (χ0n) is 14.0. The number of aromatic nitrogens is 8. The number of fused-ring (bicyclic) bond motifs is 1. The van der Waals surface area contributed by atoms with Crippen molar-refractivity contribution in [3.63, 3.8) is 0 Å². The first-order valence-corrected chi connectivity index (χ1v) is 8.28. The minimum absolute atomic E-state index is 0.0928. The smallest absolute Gasteiger partial charge is 0.232 e. The second-order valence-electron chi connectivity index (χ2n) is 6.12. The maximum Gasteiger partial charge on any atom is 0.232 e. The number of imidazole rings is 2. The summed E-state index contributed by atoms with van der Waals surface area (Å²) in [6, 6.07) is 1.87. The second kappa shape index (κ2) is 6.12. The topological polar surface area (TPSA) is 130 Å². The van der Waals surface area contributed by atoms with Crippen LogP contribution < -0.4 is 10.2 Å². The molecule has 0 aromatic carbocycles. The Balaban J connectivity index is 1.26. The number of carbonyl (C=O) groups is 1. The fourth-order valence-corrected chi connectivity index (χ4v) is 2.96. The van der Waals surface area contributed by atoms with Crippen molar-refractivity contribution in [2.75, 3.05) is 23.3 Å². The molecule has 5 rings (SSSR count). The van der Waals surface area contributed by atoms with Crippen LogP contribution in [0.3, 0.4) is 0 Å². The summed E-state index contributed by atoms with van der Waals surface area (Å²) in [5.41, 5.74) is 1.13. The average Bonchev–Trinajstić information content (AvgIpc) is 3.33. The van der Waals surface area contributed by atoms with E-state index in [4.69, 9.17) is 0 Å². The lowest BCUT2D eigenvalue weighted by molar-refractivity contribution is -0.120. The fraction of sp³-hybridized carbons (Fsp3) is 0.188. The van der Waals surface area contributed by atoms with Gasteiger partial charge in [0.1, 0.15) is 36.1 Å². The molecule has 11 heteroatoms. The van der Waals surface area contributed by atoms with E-state index in [1.54, 1.807) is 17.1 Å². The SMILES string of the molecule is O=C(Nc1ncnc2nc[nH]c12)C1CN(c2cc(-n3ccnc3)ncn2)C1. The summed E-state index contributed by atoms with van der Waals surface area (Å²) in [7, 11) is 0. The van der Waals surface area contributed by atoms with E-state index in [0.29, 0.717) is 30.1 Å². The first-order valence-electron chi connectivity index (χ1n) is 8.28. The number of rotatable bonds is 4. The van der Waals surface area contributed by atoms with Crippen LogP contribution in [0.2, 0.25) is 0 Å². The van der Waals surface area contributed by atoms with Gasteiger partial charge < -0.3 is 15.2 Å². The van der Waals surface area contributed by atoms with Crippen LogP contribution in [0.4, 0.5) is 11.6 Å². The van der Waals surface area contributed by atoms with Gasteiger partial charge in [-0.3, -0.25) is 9.36 Å². The molecule has 1 aliphatic rings. The van der Waals surface area contributed by atoms with Gasteiger partial charge in [0.2, 0.25) is 5.91 Å². The van der Waals surface area contributed by atoms with Gasteiger partial charge in [-0.2, -0.15) is 0 Å². The van der Waals surface area contributed by atoms with Crippen LogP contribution in [0, 0.1) is 5.92 Å². The minimum atomic E-state index is -0.149. The Labute approximate surface area is 152 Å². The molecule has 0 unspecified atom stereocenters. The monoisotopic (exact) mass is 362 g/mol. The van der Waals surface area contributed by atoms with E-state index in [9.17, 15) is 4.79 Å². The molecule has 4 aromatic rings. The lowest BCUT2D eigenvalue weighted by Crippen LogP contribution is -2.52. The van der Waals surface area contributed by atoms with Crippen molar-refractivity contribution in [2.24, 2.45) is 5.92 Å². The van der Waals surface area contributed by atoms with Gasteiger partial charge in [0.15, 0.2) is 11.5 Å². The highest BCUT2D eigenvalue weighted by molar-refractivity contribution is 5.98. The van der Waals surface area contributed by atoms with Gasteiger partial charge >= 0.3 is 0 Å². The Hall–Kier alpha value is -3.89. The zero-order chi connectivity index (χ0) is 18.2. The maximum absolute atomic E-state index is 12.5. The molecule has 0 bridgehead atoms. The van der Waals surface area contributed by atoms with Crippen LogP contribution in [0.25, 0.3) is 17.0 Å². The number of hydrogen-bond acceptors (Lipinski definition) is 8. The zero-order valence-corrected chi connectivity index (χ0v) is 14.0. The van der Waals surface area contributed by atoms with Gasteiger partial charge in [-0.05, 0) is 0 Å². The van der Waals surface area contributed by atoms with Crippen LogP contribution in [-0.4, -0.2) is 58.5 Å². The summed E-state index contributed by atoms with van der Waals surface area (Å²) in [6.45, 7) is 1.15. The molecular formula is C16H14N10O. The van der Waals surface area contributed by atoms with E-state index in [1.165, 1.54) is 19.0 Å². The quantitative estimate of drug-likeness (QED) is 0.533. The Morgan fingerprint density at radius 2 is 1.96 bits per heavy atom. The van der Waals surface area contributed by atoms with E-state index < -0.39 is 0 Å². The Morgan fingerprint density at radius 3 is 2.81 bits per heavy atom. The molecule has 0 spiro atoms. The highest BCUT2D eigenvalue weighted by Crippen LogP contribution is 2.25. The molecular weight excluding hydrogens is 348 g/mol. The number of nitrogens with one attached hydrogen (secondary N) is 2. The van der Waals surface area contributed by atoms with Crippen molar-refractivity contribution in [2.45, 2.75) is 0 Å².